The first-order valence-electron chi connectivity index (χ1n) is 6.21. The first-order chi connectivity index (χ1) is 9.89. The highest BCUT2D eigenvalue weighted by Crippen LogP contribution is 2.11. The normalized spacial score (nSPS) is 13.0. The van der Waals surface area contributed by atoms with E-state index >= 15 is 0 Å². The van der Waals surface area contributed by atoms with Crippen LogP contribution in [0.4, 0.5) is 0 Å². The van der Waals surface area contributed by atoms with E-state index in [1.54, 1.807) is 0 Å². The summed E-state index contributed by atoms with van der Waals surface area (Å²) in [5.41, 5.74) is 0.538. The zero-order chi connectivity index (χ0) is 15.9. The number of carboxylic acid groups (broad SMARTS) is 1. The van der Waals surface area contributed by atoms with Crippen LogP contribution in [0.15, 0.2) is 29.2 Å². The van der Waals surface area contributed by atoms with E-state index in [1.807, 2.05) is 0 Å². The Balaban J connectivity index is 2.71. The molecule has 21 heavy (non-hydrogen) atoms. The molecule has 1 aromatic rings. The van der Waals surface area contributed by atoms with Crippen LogP contribution in [-0.4, -0.2) is 53.0 Å². The summed E-state index contributed by atoms with van der Waals surface area (Å²) in [5.74, 6) is -0.966. The maximum Gasteiger partial charge on any atom is 0.307 e. The van der Waals surface area contributed by atoms with Crippen LogP contribution in [0, 0.1) is 0 Å². The average Bonchev–Trinajstić information content (AvgIpc) is 2.43. The van der Waals surface area contributed by atoms with Crippen molar-refractivity contribution in [2.75, 3.05) is 27.4 Å². The Labute approximate surface area is 123 Å². The Bertz CT molecular complexity index is 555. The number of sulfonamides is 1. The molecule has 0 amide bonds. The predicted octanol–water partition coefficient (Wildman–Crippen LogP) is 0.253. The largest absolute Gasteiger partial charge is 0.481 e. The molecule has 0 aromatic heterocycles. The summed E-state index contributed by atoms with van der Waals surface area (Å²) in [6, 6.07) is 5.70. The number of carboxylic acids is 1. The van der Waals surface area contributed by atoms with E-state index in [2.05, 4.69) is 4.72 Å². The van der Waals surface area contributed by atoms with Gasteiger partial charge in [-0.3, -0.25) is 4.79 Å². The predicted molar refractivity (Wildman–Crippen MR) is 75.6 cm³/mol. The fraction of sp³-hybridized carbons (Fsp3) is 0.462. The van der Waals surface area contributed by atoms with Crippen LogP contribution in [0.3, 0.4) is 0 Å². The average molecular weight is 317 g/mol. The zero-order valence-corrected chi connectivity index (χ0v) is 12.7. The summed E-state index contributed by atoms with van der Waals surface area (Å²) in [5, 5.41) is 8.66. The Morgan fingerprint density at radius 2 is 1.90 bits per heavy atom. The highest BCUT2D eigenvalue weighted by Gasteiger charge is 2.17. The molecule has 7 nitrogen and oxygen atoms in total. The Morgan fingerprint density at radius 3 is 2.38 bits per heavy atom. The third-order valence-electron chi connectivity index (χ3n) is 2.78. The van der Waals surface area contributed by atoms with Crippen LogP contribution >= 0.6 is 0 Å². The molecular formula is C13H19NO6S. The third-order valence-corrected chi connectivity index (χ3v) is 4.22. The summed E-state index contributed by atoms with van der Waals surface area (Å²) in [6.07, 6.45) is -0.524. The second-order valence-electron chi connectivity index (χ2n) is 4.38. The molecule has 0 aliphatic heterocycles. The smallest absolute Gasteiger partial charge is 0.307 e. The molecule has 0 radical (unpaired) electrons. The number of ether oxygens (including phenoxy) is 2. The lowest BCUT2D eigenvalue weighted by Gasteiger charge is -2.15. The molecule has 0 aliphatic carbocycles. The SMILES string of the molecule is COCC(CNS(=O)(=O)c1ccc(CC(=O)O)cc1)OC. The summed E-state index contributed by atoms with van der Waals surface area (Å²) in [6.45, 7) is 0.361. The molecule has 0 fully saturated rings. The molecule has 2 N–H and O–H groups in total. The summed E-state index contributed by atoms with van der Waals surface area (Å²) < 4.78 is 36.5. The van der Waals surface area contributed by atoms with Crippen molar-refractivity contribution in [3.8, 4) is 0 Å². The number of rotatable bonds is 9. The molecule has 1 unspecified atom stereocenters. The Kier molecular flexibility index (Phi) is 6.76. The van der Waals surface area contributed by atoms with E-state index in [1.165, 1.54) is 38.5 Å². The van der Waals surface area contributed by atoms with Crippen molar-refractivity contribution in [1.82, 2.24) is 4.72 Å². The van der Waals surface area contributed by atoms with Gasteiger partial charge in [-0.05, 0) is 17.7 Å². The molecule has 0 bridgehead atoms. The monoisotopic (exact) mass is 317 g/mol. The van der Waals surface area contributed by atoms with E-state index in [4.69, 9.17) is 14.6 Å². The molecular weight excluding hydrogens is 298 g/mol. The van der Waals surface area contributed by atoms with Crippen LogP contribution in [0.1, 0.15) is 5.56 Å². The molecule has 0 aliphatic rings. The number of nitrogens with one attached hydrogen (secondary N) is 1. The van der Waals surface area contributed by atoms with E-state index in [0.29, 0.717) is 5.56 Å². The van der Waals surface area contributed by atoms with Crippen LogP contribution in [0.2, 0.25) is 0 Å². The molecule has 0 spiro atoms. The van der Waals surface area contributed by atoms with Crippen molar-refractivity contribution in [3.05, 3.63) is 29.8 Å². The van der Waals surface area contributed by atoms with Crippen LogP contribution in [-0.2, 0) is 30.7 Å². The highest BCUT2D eigenvalue weighted by atomic mass is 32.2. The Morgan fingerprint density at radius 1 is 1.29 bits per heavy atom. The summed E-state index contributed by atoms with van der Waals surface area (Å²) in [7, 11) is -0.689. The lowest BCUT2D eigenvalue weighted by Crippen LogP contribution is -2.35. The third kappa shape index (κ3) is 5.80. The van der Waals surface area contributed by atoms with Gasteiger partial charge < -0.3 is 14.6 Å². The van der Waals surface area contributed by atoms with Gasteiger partial charge in [-0.15, -0.1) is 0 Å². The van der Waals surface area contributed by atoms with Gasteiger partial charge in [-0.25, -0.2) is 13.1 Å². The molecule has 1 aromatic carbocycles. The van der Waals surface area contributed by atoms with Gasteiger partial charge in [0.2, 0.25) is 10.0 Å². The maximum atomic E-state index is 12.1. The number of carbonyl (C=O) groups is 1. The molecule has 0 saturated carbocycles. The van der Waals surface area contributed by atoms with Crippen molar-refractivity contribution in [1.29, 1.82) is 0 Å². The Hall–Kier alpha value is -1.48. The van der Waals surface area contributed by atoms with Crippen molar-refractivity contribution in [2.45, 2.75) is 17.4 Å². The molecule has 0 heterocycles. The topological polar surface area (TPSA) is 102 Å². The quantitative estimate of drug-likeness (QED) is 0.677. The van der Waals surface area contributed by atoms with Gasteiger partial charge in [0.15, 0.2) is 0 Å². The van der Waals surface area contributed by atoms with Crippen LogP contribution in [0.25, 0.3) is 0 Å². The van der Waals surface area contributed by atoms with E-state index in [0.717, 1.165) is 0 Å². The molecule has 1 rings (SSSR count). The highest BCUT2D eigenvalue weighted by molar-refractivity contribution is 7.89. The second kappa shape index (κ2) is 8.08. The number of methoxy groups -OCH3 is 2. The van der Waals surface area contributed by atoms with E-state index in [9.17, 15) is 13.2 Å². The van der Waals surface area contributed by atoms with Crippen LogP contribution in [0.5, 0.6) is 0 Å². The van der Waals surface area contributed by atoms with Gasteiger partial charge in [0.05, 0.1) is 24.0 Å². The van der Waals surface area contributed by atoms with E-state index in [-0.39, 0.29) is 30.6 Å². The summed E-state index contributed by atoms with van der Waals surface area (Å²) in [4.78, 5) is 10.6. The number of hydrogen-bond acceptors (Lipinski definition) is 5. The van der Waals surface area contributed by atoms with Gasteiger partial charge >= 0.3 is 5.97 Å². The molecule has 0 saturated heterocycles. The van der Waals surface area contributed by atoms with Crippen molar-refractivity contribution < 1.29 is 27.8 Å². The minimum atomic E-state index is -3.66. The fourth-order valence-corrected chi connectivity index (χ4v) is 2.71. The van der Waals surface area contributed by atoms with Gasteiger partial charge in [0, 0.05) is 20.8 Å². The van der Waals surface area contributed by atoms with Gasteiger partial charge in [-0.1, -0.05) is 12.1 Å². The van der Waals surface area contributed by atoms with Crippen LogP contribution < -0.4 is 4.72 Å². The minimum Gasteiger partial charge on any atom is -0.481 e. The lowest BCUT2D eigenvalue weighted by atomic mass is 10.2. The zero-order valence-electron chi connectivity index (χ0n) is 11.9. The molecule has 8 heteroatoms. The van der Waals surface area contributed by atoms with E-state index < -0.39 is 16.0 Å². The number of aliphatic carboxylic acids is 1. The first kappa shape index (κ1) is 17.6. The lowest BCUT2D eigenvalue weighted by molar-refractivity contribution is -0.136. The number of hydrogen-bond donors (Lipinski definition) is 2. The van der Waals surface area contributed by atoms with Crippen molar-refractivity contribution in [2.24, 2.45) is 0 Å². The second-order valence-corrected chi connectivity index (χ2v) is 6.15. The van der Waals surface area contributed by atoms with Gasteiger partial charge in [0.1, 0.15) is 0 Å². The minimum absolute atomic E-state index is 0.0731. The van der Waals surface area contributed by atoms with Gasteiger partial charge in [0.25, 0.3) is 0 Å². The first-order valence-corrected chi connectivity index (χ1v) is 7.69. The summed E-state index contributed by atoms with van der Waals surface area (Å²) >= 11 is 0. The number of benzene rings is 1. The van der Waals surface area contributed by atoms with Crippen molar-refractivity contribution in [3.63, 3.8) is 0 Å². The maximum absolute atomic E-state index is 12.1. The van der Waals surface area contributed by atoms with Crippen molar-refractivity contribution >= 4 is 16.0 Å². The fourth-order valence-electron chi connectivity index (χ4n) is 1.64. The van der Waals surface area contributed by atoms with Gasteiger partial charge in [-0.2, -0.15) is 0 Å². The molecule has 118 valence electrons. The standard InChI is InChI=1S/C13H19NO6S/c1-19-9-11(20-2)8-14-21(17,18)12-5-3-10(4-6-12)7-13(15)16/h3-6,11,14H,7-9H2,1-2H3,(H,15,16). The molecule has 1 atom stereocenters.